The highest BCUT2D eigenvalue weighted by molar-refractivity contribution is 7.13. The molecule has 0 saturated heterocycles. The lowest BCUT2D eigenvalue weighted by molar-refractivity contribution is -0.137. The van der Waals surface area contributed by atoms with E-state index >= 15 is 0 Å². The molecule has 3 aromatic rings. The van der Waals surface area contributed by atoms with Crippen molar-refractivity contribution in [2.75, 3.05) is 21.3 Å². The lowest BCUT2D eigenvalue weighted by Gasteiger charge is -2.19. The van der Waals surface area contributed by atoms with Crippen LogP contribution in [0.2, 0.25) is 0 Å². The van der Waals surface area contributed by atoms with Gasteiger partial charge in [-0.05, 0) is 18.2 Å². The Morgan fingerprint density at radius 2 is 1.81 bits per heavy atom. The van der Waals surface area contributed by atoms with Crippen LogP contribution < -0.4 is 9.47 Å². The Kier molecular flexibility index (Phi) is 6.84. The maximum absolute atomic E-state index is 12.7. The van der Waals surface area contributed by atoms with Gasteiger partial charge in [-0.3, -0.25) is 4.79 Å². The summed E-state index contributed by atoms with van der Waals surface area (Å²) in [6.07, 6.45) is -4.30. The minimum absolute atomic E-state index is 0.0833. The Bertz CT molecular complexity index is 1050. The molecule has 0 radical (unpaired) electrons. The quantitative estimate of drug-likeness (QED) is 0.506. The van der Waals surface area contributed by atoms with Gasteiger partial charge in [-0.1, -0.05) is 24.3 Å². The molecular weight excluding hydrogens is 429 g/mol. The molecule has 0 saturated carbocycles. The third kappa shape index (κ3) is 5.35. The monoisotopic (exact) mass is 450 g/mol. The van der Waals surface area contributed by atoms with Crippen LogP contribution in [0.15, 0.2) is 47.8 Å². The number of para-hydroxylation sites is 1. The maximum Gasteiger partial charge on any atom is 0.416 e. The number of alkyl halides is 3. The van der Waals surface area contributed by atoms with Gasteiger partial charge in [0.05, 0.1) is 31.9 Å². The van der Waals surface area contributed by atoms with E-state index in [2.05, 4.69) is 4.98 Å². The first kappa shape index (κ1) is 22.6. The molecular formula is C22H21F3N2O3S. The van der Waals surface area contributed by atoms with Crippen LogP contribution in [0.5, 0.6) is 11.5 Å². The third-order valence-electron chi connectivity index (χ3n) is 4.66. The molecule has 9 heteroatoms. The Morgan fingerprint density at radius 1 is 1.10 bits per heavy atom. The first-order valence-corrected chi connectivity index (χ1v) is 10.2. The Labute approximate surface area is 182 Å². The van der Waals surface area contributed by atoms with E-state index in [4.69, 9.17) is 9.47 Å². The number of hydrogen-bond acceptors (Lipinski definition) is 5. The zero-order valence-corrected chi connectivity index (χ0v) is 18.0. The first-order valence-electron chi connectivity index (χ1n) is 9.28. The van der Waals surface area contributed by atoms with Gasteiger partial charge >= 0.3 is 6.18 Å². The highest BCUT2D eigenvalue weighted by Crippen LogP contribution is 2.33. The van der Waals surface area contributed by atoms with Gasteiger partial charge in [0.25, 0.3) is 0 Å². The van der Waals surface area contributed by atoms with E-state index in [1.54, 1.807) is 37.6 Å². The molecule has 0 N–H and O–H groups in total. The molecule has 0 aliphatic rings. The Balaban J connectivity index is 1.67. The predicted molar refractivity (Wildman–Crippen MR) is 112 cm³/mol. The number of amides is 1. The van der Waals surface area contributed by atoms with Gasteiger partial charge in [0, 0.05) is 30.1 Å². The molecule has 3 rings (SSSR count). The molecule has 1 heterocycles. The van der Waals surface area contributed by atoms with E-state index in [1.807, 2.05) is 12.1 Å². The first-order chi connectivity index (χ1) is 14.7. The van der Waals surface area contributed by atoms with Gasteiger partial charge in [0.15, 0.2) is 11.5 Å². The molecule has 0 unspecified atom stereocenters. The Morgan fingerprint density at radius 3 is 2.42 bits per heavy atom. The normalized spacial score (nSPS) is 11.3. The molecule has 1 amide bonds. The summed E-state index contributed by atoms with van der Waals surface area (Å²) in [4.78, 5) is 18.6. The lowest BCUT2D eigenvalue weighted by atomic mass is 10.1. The van der Waals surface area contributed by atoms with Crippen molar-refractivity contribution in [3.8, 4) is 22.1 Å². The molecule has 0 aliphatic heterocycles. The molecule has 5 nitrogen and oxygen atoms in total. The van der Waals surface area contributed by atoms with E-state index in [1.165, 1.54) is 23.5 Å². The summed E-state index contributed by atoms with van der Waals surface area (Å²) < 4.78 is 48.9. The topological polar surface area (TPSA) is 51.7 Å². The summed E-state index contributed by atoms with van der Waals surface area (Å²) in [5, 5.41) is 2.30. The number of likely N-dealkylation sites (N-methyl/N-ethyl adjacent to an activating group) is 1. The number of ether oxygens (including phenoxy) is 2. The maximum atomic E-state index is 12.7. The van der Waals surface area contributed by atoms with Crippen LogP contribution in [0.4, 0.5) is 13.2 Å². The second kappa shape index (κ2) is 9.38. The largest absolute Gasteiger partial charge is 0.493 e. The molecule has 164 valence electrons. The highest BCUT2D eigenvalue weighted by Gasteiger charge is 2.30. The predicted octanol–water partition coefficient (Wildman–Crippen LogP) is 5.05. The highest BCUT2D eigenvalue weighted by atomic mass is 32.1. The number of hydrogen-bond donors (Lipinski definition) is 0. The molecule has 1 aromatic heterocycles. The smallest absolute Gasteiger partial charge is 0.416 e. The SMILES string of the molecule is COc1cccc(CN(C)C(=O)Cc2csc(-c3ccc(C(F)(F)F)cc3)n2)c1OC. The number of nitrogens with zero attached hydrogens (tertiary/aromatic N) is 2. The van der Waals surface area contributed by atoms with Gasteiger partial charge in [-0.25, -0.2) is 4.98 Å². The summed E-state index contributed by atoms with van der Waals surface area (Å²) in [6.45, 7) is 0.328. The molecule has 31 heavy (non-hydrogen) atoms. The molecule has 0 aliphatic carbocycles. The lowest BCUT2D eigenvalue weighted by Crippen LogP contribution is -2.28. The second-order valence-electron chi connectivity index (χ2n) is 6.80. The van der Waals surface area contributed by atoms with Crippen LogP contribution in [-0.4, -0.2) is 37.1 Å². The van der Waals surface area contributed by atoms with Crippen molar-refractivity contribution < 1.29 is 27.4 Å². The van der Waals surface area contributed by atoms with Gasteiger partial charge < -0.3 is 14.4 Å². The fourth-order valence-corrected chi connectivity index (χ4v) is 3.86. The van der Waals surface area contributed by atoms with Crippen LogP contribution in [0.3, 0.4) is 0 Å². The van der Waals surface area contributed by atoms with Crippen molar-refractivity contribution in [2.24, 2.45) is 0 Å². The minimum atomic E-state index is -4.38. The van der Waals surface area contributed by atoms with Gasteiger partial charge in [-0.15, -0.1) is 11.3 Å². The summed E-state index contributed by atoms with van der Waals surface area (Å²) in [5.74, 6) is 1.01. The summed E-state index contributed by atoms with van der Waals surface area (Å²) in [7, 11) is 4.78. The standard InChI is InChI=1S/C22H21F3N2O3S/c1-27(12-15-5-4-6-18(29-2)20(15)30-3)19(28)11-17-13-31-21(26-17)14-7-9-16(10-8-14)22(23,24)25/h4-10,13H,11-12H2,1-3H3. The number of aromatic nitrogens is 1. The number of benzene rings is 2. The van der Waals surface area contributed by atoms with Gasteiger partial charge in [0.1, 0.15) is 5.01 Å². The molecule has 0 bridgehead atoms. The molecule has 2 aromatic carbocycles. The fourth-order valence-electron chi connectivity index (χ4n) is 3.03. The summed E-state index contributed by atoms with van der Waals surface area (Å²) in [5.41, 5.74) is 1.24. The minimum Gasteiger partial charge on any atom is -0.493 e. The average molecular weight is 450 g/mol. The van der Waals surface area contributed by atoms with E-state index in [0.29, 0.717) is 34.3 Å². The van der Waals surface area contributed by atoms with Crippen LogP contribution >= 0.6 is 11.3 Å². The second-order valence-corrected chi connectivity index (χ2v) is 7.66. The van der Waals surface area contributed by atoms with Crippen molar-refractivity contribution in [2.45, 2.75) is 19.1 Å². The van der Waals surface area contributed by atoms with Gasteiger partial charge in [-0.2, -0.15) is 13.2 Å². The number of carbonyl (C=O) groups excluding carboxylic acids is 1. The van der Waals surface area contributed by atoms with Crippen molar-refractivity contribution in [1.29, 1.82) is 0 Å². The fraction of sp³-hybridized carbons (Fsp3) is 0.273. The Hall–Kier alpha value is -3.07. The summed E-state index contributed by atoms with van der Waals surface area (Å²) >= 11 is 1.29. The van der Waals surface area contributed by atoms with Crippen molar-refractivity contribution in [3.05, 3.63) is 64.7 Å². The molecule has 0 fully saturated rings. The van der Waals surface area contributed by atoms with E-state index in [-0.39, 0.29) is 12.3 Å². The zero-order valence-electron chi connectivity index (χ0n) is 17.2. The zero-order chi connectivity index (χ0) is 22.6. The van der Waals surface area contributed by atoms with Crippen LogP contribution in [-0.2, 0) is 23.9 Å². The van der Waals surface area contributed by atoms with E-state index in [0.717, 1.165) is 17.7 Å². The number of carbonyl (C=O) groups is 1. The number of halogens is 3. The van der Waals surface area contributed by atoms with Crippen LogP contribution in [0.25, 0.3) is 10.6 Å². The summed E-state index contributed by atoms with van der Waals surface area (Å²) in [6, 6.07) is 10.3. The van der Waals surface area contributed by atoms with Crippen LogP contribution in [0, 0.1) is 0 Å². The van der Waals surface area contributed by atoms with Crippen molar-refractivity contribution >= 4 is 17.2 Å². The van der Waals surface area contributed by atoms with E-state index in [9.17, 15) is 18.0 Å². The average Bonchev–Trinajstić information content (AvgIpc) is 3.21. The van der Waals surface area contributed by atoms with Gasteiger partial charge in [0.2, 0.25) is 5.91 Å². The number of methoxy groups -OCH3 is 2. The van der Waals surface area contributed by atoms with Crippen molar-refractivity contribution in [1.82, 2.24) is 9.88 Å². The molecule has 0 atom stereocenters. The van der Waals surface area contributed by atoms with Crippen molar-refractivity contribution in [3.63, 3.8) is 0 Å². The number of thiazole rings is 1. The third-order valence-corrected chi connectivity index (χ3v) is 5.60. The number of rotatable bonds is 7. The van der Waals surface area contributed by atoms with Crippen LogP contribution in [0.1, 0.15) is 16.8 Å². The molecule has 0 spiro atoms. The van der Waals surface area contributed by atoms with E-state index < -0.39 is 11.7 Å².